The van der Waals surface area contributed by atoms with Gasteiger partial charge in [0.05, 0.1) is 0 Å². The molecule has 0 aromatic rings. The molecule has 1 unspecified atom stereocenters. The molecular formula is C7H12F2O2. The first kappa shape index (κ1) is 10.3. The molecule has 1 atom stereocenters. The Balaban J connectivity index is 4.17. The Morgan fingerprint density at radius 2 is 2.09 bits per heavy atom. The van der Waals surface area contributed by atoms with E-state index in [1.54, 1.807) is 6.92 Å². The summed E-state index contributed by atoms with van der Waals surface area (Å²) in [6.45, 7) is 2.99. The van der Waals surface area contributed by atoms with E-state index in [-0.39, 0.29) is 6.42 Å². The van der Waals surface area contributed by atoms with Gasteiger partial charge in [-0.25, -0.2) is 4.79 Å². The molecule has 0 radical (unpaired) electrons. The molecule has 0 saturated carbocycles. The van der Waals surface area contributed by atoms with E-state index in [4.69, 9.17) is 5.11 Å². The third-order valence-electron chi connectivity index (χ3n) is 1.63. The number of alkyl halides is 2. The maximum atomic E-state index is 12.5. The summed E-state index contributed by atoms with van der Waals surface area (Å²) >= 11 is 0. The minimum Gasteiger partial charge on any atom is -0.477 e. The van der Waals surface area contributed by atoms with E-state index >= 15 is 0 Å². The van der Waals surface area contributed by atoms with Crippen LogP contribution in [0, 0.1) is 5.92 Å². The first-order valence-corrected chi connectivity index (χ1v) is 3.54. The lowest BCUT2D eigenvalue weighted by atomic mass is 9.99. The van der Waals surface area contributed by atoms with Crippen LogP contribution >= 0.6 is 0 Å². The number of hydrogen-bond donors (Lipinski definition) is 1. The quantitative estimate of drug-likeness (QED) is 0.694. The molecule has 0 aliphatic carbocycles. The first-order valence-electron chi connectivity index (χ1n) is 3.54. The Kier molecular flexibility index (Phi) is 3.42. The summed E-state index contributed by atoms with van der Waals surface area (Å²) in [6, 6.07) is 0. The molecule has 0 aromatic carbocycles. The average molecular weight is 166 g/mol. The van der Waals surface area contributed by atoms with Gasteiger partial charge in [-0.3, -0.25) is 0 Å². The Morgan fingerprint density at radius 1 is 1.64 bits per heavy atom. The van der Waals surface area contributed by atoms with E-state index in [0.717, 1.165) is 0 Å². The molecule has 0 bridgehead atoms. The zero-order valence-corrected chi connectivity index (χ0v) is 6.60. The predicted molar refractivity (Wildman–Crippen MR) is 36.7 cm³/mol. The van der Waals surface area contributed by atoms with Gasteiger partial charge in [0.25, 0.3) is 0 Å². The zero-order chi connectivity index (χ0) is 9.07. The summed E-state index contributed by atoms with van der Waals surface area (Å²) in [6.07, 6.45) is 0.809. The second-order valence-corrected chi connectivity index (χ2v) is 2.62. The highest BCUT2D eigenvalue weighted by molar-refractivity contribution is 5.75. The van der Waals surface area contributed by atoms with E-state index < -0.39 is 17.8 Å². The smallest absolute Gasteiger partial charge is 0.374 e. The Hall–Kier alpha value is -0.670. The Labute approximate surface area is 64.2 Å². The van der Waals surface area contributed by atoms with Gasteiger partial charge in [0.15, 0.2) is 0 Å². The molecule has 0 aromatic heterocycles. The fraction of sp³-hybridized carbons (Fsp3) is 0.857. The van der Waals surface area contributed by atoms with Crippen molar-refractivity contribution in [2.24, 2.45) is 5.92 Å². The van der Waals surface area contributed by atoms with Crippen molar-refractivity contribution in [2.75, 3.05) is 0 Å². The van der Waals surface area contributed by atoms with Gasteiger partial charge in [0.2, 0.25) is 0 Å². The molecule has 0 aliphatic rings. The van der Waals surface area contributed by atoms with Crippen molar-refractivity contribution < 1.29 is 18.7 Å². The number of rotatable bonds is 4. The van der Waals surface area contributed by atoms with Gasteiger partial charge in [0, 0.05) is 5.92 Å². The lowest BCUT2D eigenvalue weighted by molar-refractivity contribution is -0.172. The molecule has 0 saturated heterocycles. The fourth-order valence-corrected chi connectivity index (χ4v) is 0.825. The third kappa shape index (κ3) is 2.44. The number of carbonyl (C=O) groups is 1. The fourth-order valence-electron chi connectivity index (χ4n) is 0.825. The highest BCUT2D eigenvalue weighted by Crippen LogP contribution is 2.27. The van der Waals surface area contributed by atoms with E-state index in [9.17, 15) is 13.6 Å². The molecule has 0 spiro atoms. The summed E-state index contributed by atoms with van der Waals surface area (Å²) in [7, 11) is 0. The molecule has 0 amide bonds. The lowest BCUT2D eigenvalue weighted by Gasteiger charge is -2.18. The summed E-state index contributed by atoms with van der Waals surface area (Å²) in [5.41, 5.74) is 0. The molecule has 0 heterocycles. The second kappa shape index (κ2) is 3.64. The topological polar surface area (TPSA) is 37.3 Å². The van der Waals surface area contributed by atoms with Crippen molar-refractivity contribution in [3.8, 4) is 0 Å². The largest absolute Gasteiger partial charge is 0.477 e. The first-order chi connectivity index (χ1) is 4.92. The van der Waals surface area contributed by atoms with Crippen molar-refractivity contribution >= 4 is 5.97 Å². The van der Waals surface area contributed by atoms with Crippen molar-refractivity contribution in [1.29, 1.82) is 0 Å². The van der Waals surface area contributed by atoms with Crippen LogP contribution in [0.5, 0.6) is 0 Å². The summed E-state index contributed by atoms with van der Waals surface area (Å²) in [5, 5.41) is 8.09. The van der Waals surface area contributed by atoms with Gasteiger partial charge < -0.3 is 5.11 Å². The van der Waals surface area contributed by atoms with Crippen LogP contribution in [0.3, 0.4) is 0 Å². The molecule has 0 fully saturated rings. The van der Waals surface area contributed by atoms with Crippen molar-refractivity contribution in [3.63, 3.8) is 0 Å². The Morgan fingerprint density at radius 3 is 2.36 bits per heavy atom. The van der Waals surface area contributed by atoms with Gasteiger partial charge in [-0.05, 0) is 6.42 Å². The minimum absolute atomic E-state index is 0.235. The van der Waals surface area contributed by atoms with Crippen molar-refractivity contribution in [3.05, 3.63) is 0 Å². The summed E-state index contributed by atoms with van der Waals surface area (Å²) < 4.78 is 25.1. The number of carboxylic acid groups (broad SMARTS) is 1. The van der Waals surface area contributed by atoms with Crippen LogP contribution in [0.25, 0.3) is 0 Å². The highest BCUT2D eigenvalue weighted by Gasteiger charge is 2.44. The molecule has 1 N–H and O–H groups in total. The van der Waals surface area contributed by atoms with Crippen LogP contribution in [0.15, 0.2) is 0 Å². The van der Waals surface area contributed by atoms with Crippen LogP contribution in [0.1, 0.15) is 26.7 Å². The van der Waals surface area contributed by atoms with Crippen LogP contribution < -0.4 is 0 Å². The van der Waals surface area contributed by atoms with E-state index in [2.05, 4.69) is 0 Å². The van der Waals surface area contributed by atoms with Crippen LogP contribution in [-0.4, -0.2) is 17.0 Å². The van der Waals surface area contributed by atoms with E-state index in [1.165, 1.54) is 6.92 Å². The monoisotopic (exact) mass is 166 g/mol. The Bertz CT molecular complexity index is 145. The predicted octanol–water partition coefficient (Wildman–Crippen LogP) is 2.14. The molecule has 0 aliphatic heterocycles. The van der Waals surface area contributed by atoms with Crippen molar-refractivity contribution in [1.82, 2.24) is 0 Å². The molecule has 11 heavy (non-hydrogen) atoms. The zero-order valence-electron chi connectivity index (χ0n) is 6.60. The number of aliphatic carboxylic acids is 1. The summed E-state index contributed by atoms with van der Waals surface area (Å²) in [4.78, 5) is 9.99. The minimum atomic E-state index is -3.57. The van der Waals surface area contributed by atoms with Crippen LogP contribution in [-0.2, 0) is 4.79 Å². The van der Waals surface area contributed by atoms with E-state index in [0.29, 0.717) is 6.42 Å². The molecule has 66 valence electrons. The van der Waals surface area contributed by atoms with Gasteiger partial charge in [-0.15, -0.1) is 0 Å². The summed E-state index contributed by atoms with van der Waals surface area (Å²) in [5.74, 6) is -6.68. The average Bonchev–Trinajstić information content (AvgIpc) is 1.88. The number of carboxylic acids is 1. The second-order valence-electron chi connectivity index (χ2n) is 2.62. The normalized spacial score (nSPS) is 14.5. The maximum Gasteiger partial charge on any atom is 0.374 e. The lowest BCUT2D eigenvalue weighted by Crippen LogP contribution is -2.35. The van der Waals surface area contributed by atoms with Gasteiger partial charge in [-0.1, -0.05) is 20.3 Å². The molecule has 2 nitrogen and oxygen atoms in total. The van der Waals surface area contributed by atoms with Crippen molar-refractivity contribution in [2.45, 2.75) is 32.6 Å². The SMILES string of the molecule is CCCC(C)C(F)(F)C(=O)O. The van der Waals surface area contributed by atoms with Crippen LogP contribution in [0.4, 0.5) is 8.78 Å². The third-order valence-corrected chi connectivity index (χ3v) is 1.63. The highest BCUT2D eigenvalue weighted by atomic mass is 19.3. The van der Waals surface area contributed by atoms with Gasteiger partial charge in [-0.2, -0.15) is 8.78 Å². The molecule has 4 heteroatoms. The molecule has 0 rings (SSSR count). The number of halogens is 2. The van der Waals surface area contributed by atoms with Gasteiger partial charge in [0.1, 0.15) is 0 Å². The standard InChI is InChI=1S/C7H12F2O2/c1-3-4-5(2)7(8,9)6(10)11/h5H,3-4H2,1-2H3,(H,10,11). The maximum absolute atomic E-state index is 12.5. The van der Waals surface area contributed by atoms with E-state index in [1.807, 2.05) is 0 Å². The number of hydrogen-bond acceptors (Lipinski definition) is 1. The van der Waals surface area contributed by atoms with Crippen LogP contribution in [0.2, 0.25) is 0 Å². The molecular weight excluding hydrogens is 154 g/mol. The van der Waals surface area contributed by atoms with Gasteiger partial charge >= 0.3 is 11.9 Å².